The molecule has 0 unspecified atom stereocenters. The van der Waals surface area contributed by atoms with Crippen molar-refractivity contribution in [2.75, 3.05) is 17.9 Å². The topological polar surface area (TPSA) is 107 Å². The minimum atomic E-state index is -0.647. The van der Waals surface area contributed by atoms with E-state index >= 15 is 0 Å². The maximum absolute atomic E-state index is 12.2. The molecular formula is C19H16ClN5O4S. The summed E-state index contributed by atoms with van der Waals surface area (Å²) < 4.78 is 12.2. The molecule has 9 nitrogen and oxygen atoms in total. The molecule has 3 aromatic rings. The third-order valence-electron chi connectivity index (χ3n) is 4.17. The SMILES string of the molecule is Cc1ccc(-n2cnnc2SCC(=O)NC(=O)Nc2ccc3c(c2)OCO3)cc1Cl. The zero-order valence-electron chi connectivity index (χ0n) is 15.7. The lowest BCUT2D eigenvalue weighted by molar-refractivity contribution is -0.117. The molecule has 0 aliphatic carbocycles. The Kier molecular flexibility index (Phi) is 5.77. The number of imide groups is 1. The maximum Gasteiger partial charge on any atom is 0.325 e. The lowest BCUT2D eigenvalue weighted by Gasteiger charge is -2.09. The quantitative estimate of drug-likeness (QED) is 0.579. The fourth-order valence-electron chi connectivity index (χ4n) is 2.66. The number of halogens is 1. The predicted molar refractivity (Wildman–Crippen MR) is 112 cm³/mol. The minimum Gasteiger partial charge on any atom is -0.454 e. The molecule has 1 aliphatic rings. The van der Waals surface area contributed by atoms with Gasteiger partial charge in [0.2, 0.25) is 12.7 Å². The number of amides is 3. The van der Waals surface area contributed by atoms with Gasteiger partial charge in [-0.25, -0.2) is 4.79 Å². The van der Waals surface area contributed by atoms with Gasteiger partial charge in [-0.2, -0.15) is 0 Å². The Labute approximate surface area is 180 Å². The van der Waals surface area contributed by atoms with Crippen molar-refractivity contribution in [2.45, 2.75) is 12.1 Å². The van der Waals surface area contributed by atoms with Crippen LogP contribution in [0.5, 0.6) is 11.5 Å². The number of aryl methyl sites for hydroxylation is 1. The summed E-state index contributed by atoms with van der Waals surface area (Å²) in [6.45, 7) is 2.05. The van der Waals surface area contributed by atoms with E-state index in [2.05, 4.69) is 20.8 Å². The van der Waals surface area contributed by atoms with Gasteiger partial charge in [-0.1, -0.05) is 29.4 Å². The number of fused-ring (bicyclic) bond motifs is 1. The molecule has 11 heteroatoms. The van der Waals surface area contributed by atoms with E-state index in [0.29, 0.717) is 27.4 Å². The molecule has 0 fully saturated rings. The van der Waals surface area contributed by atoms with Crippen molar-refractivity contribution < 1.29 is 19.1 Å². The van der Waals surface area contributed by atoms with E-state index < -0.39 is 11.9 Å². The van der Waals surface area contributed by atoms with Gasteiger partial charge in [-0.05, 0) is 36.8 Å². The van der Waals surface area contributed by atoms with Gasteiger partial charge in [-0.3, -0.25) is 14.7 Å². The summed E-state index contributed by atoms with van der Waals surface area (Å²) in [7, 11) is 0. The van der Waals surface area contributed by atoms with Crippen LogP contribution in [0.15, 0.2) is 47.9 Å². The Bertz CT molecular complexity index is 1120. The number of benzene rings is 2. The second kappa shape index (κ2) is 8.64. The van der Waals surface area contributed by atoms with Gasteiger partial charge < -0.3 is 14.8 Å². The molecule has 30 heavy (non-hydrogen) atoms. The lowest BCUT2D eigenvalue weighted by atomic mass is 10.2. The first kappa shape index (κ1) is 20.0. The van der Waals surface area contributed by atoms with E-state index in [1.807, 2.05) is 19.1 Å². The minimum absolute atomic E-state index is 0.0210. The summed E-state index contributed by atoms with van der Waals surface area (Å²) in [6, 6.07) is 9.87. The van der Waals surface area contributed by atoms with E-state index in [0.717, 1.165) is 23.0 Å². The largest absolute Gasteiger partial charge is 0.454 e. The zero-order valence-corrected chi connectivity index (χ0v) is 17.3. The molecule has 0 atom stereocenters. The second-order valence-corrected chi connectivity index (χ2v) is 7.63. The van der Waals surface area contributed by atoms with E-state index in [1.165, 1.54) is 6.33 Å². The van der Waals surface area contributed by atoms with Crippen molar-refractivity contribution in [1.29, 1.82) is 0 Å². The summed E-state index contributed by atoms with van der Waals surface area (Å²) in [5, 5.41) is 13.9. The highest BCUT2D eigenvalue weighted by Gasteiger charge is 2.16. The molecule has 1 aromatic heterocycles. The van der Waals surface area contributed by atoms with Gasteiger partial charge in [0.15, 0.2) is 16.7 Å². The van der Waals surface area contributed by atoms with Gasteiger partial charge in [0.25, 0.3) is 0 Å². The number of carbonyl (C=O) groups is 2. The molecule has 2 N–H and O–H groups in total. The van der Waals surface area contributed by atoms with Crippen LogP contribution in [-0.4, -0.2) is 39.2 Å². The third kappa shape index (κ3) is 4.50. The normalized spacial score (nSPS) is 11.9. The Morgan fingerprint density at radius 2 is 2.03 bits per heavy atom. The zero-order chi connectivity index (χ0) is 21.1. The lowest BCUT2D eigenvalue weighted by Crippen LogP contribution is -2.35. The van der Waals surface area contributed by atoms with Crippen molar-refractivity contribution in [3.05, 3.63) is 53.3 Å². The Morgan fingerprint density at radius 3 is 2.87 bits per heavy atom. The average Bonchev–Trinajstić information content (AvgIpc) is 3.37. The van der Waals surface area contributed by atoms with Gasteiger partial charge in [-0.15, -0.1) is 10.2 Å². The van der Waals surface area contributed by atoms with E-state index in [1.54, 1.807) is 28.8 Å². The molecule has 154 valence electrons. The number of ether oxygens (including phenoxy) is 2. The van der Waals surface area contributed by atoms with Gasteiger partial charge in [0.1, 0.15) is 6.33 Å². The summed E-state index contributed by atoms with van der Waals surface area (Å²) >= 11 is 7.33. The number of hydrogen-bond donors (Lipinski definition) is 2. The highest BCUT2D eigenvalue weighted by atomic mass is 35.5. The monoisotopic (exact) mass is 445 g/mol. The van der Waals surface area contributed by atoms with E-state index in [-0.39, 0.29) is 12.5 Å². The van der Waals surface area contributed by atoms with Gasteiger partial charge >= 0.3 is 6.03 Å². The van der Waals surface area contributed by atoms with Crippen molar-refractivity contribution >= 4 is 41.0 Å². The van der Waals surface area contributed by atoms with Crippen LogP contribution in [0.25, 0.3) is 5.69 Å². The number of nitrogens with one attached hydrogen (secondary N) is 2. The van der Waals surface area contributed by atoms with Gasteiger partial charge in [0, 0.05) is 16.8 Å². The Morgan fingerprint density at radius 1 is 1.20 bits per heavy atom. The molecule has 0 spiro atoms. The first-order valence-electron chi connectivity index (χ1n) is 8.79. The van der Waals surface area contributed by atoms with Crippen molar-refractivity contribution in [2.24, 2.45) is 0 Å². The van der Waals surface area contributed by atoms with Gasteiger partial charge in [0.05, 0.1) is 11.4 Å². The van der Waals surface area contributed by atoms with Crippen LogP contribution >= 0.6 is 23.4 Å². The molecule has 0 saturated heterocycles. The van der Waals surface area contributed by atoms with E-state index in [9.17, 15) is 9.59 Å². The molecule has 0 bridgehead atoms. The summed E-state index contributed by atoms with van der Waals surface area (Å²) in [5.74, 6) is 0.639. The maximum atomic E-state index is 12.2. The number of thioether (sulfide) groups is 1. The molecular weight excluding hydrogens is 430 g/mol. The predicted octanol–water partition coefficient (Wildman–Crippen LogP) is 3.40. The molecule has 0 saturated carbocycles. The number of rotatable bonds is 5. The molecule has 0 radical (unpaired) electrons. The first-order valence-corrected chi connectivity index (χ1v) is 10.2. The molecule has 2 aromatic carbocycles. The van der Waals surface area contributed by atoms with Crippen LogP contribution in [0.4, 0.5) is 10.5 Å². The number of anilines is 1. The average molecular weight is 446 g/mol. The van der Waals surface area contributed by atoms with E-state index in [4.69, 9.17) is 21.1 Å². The summed E-state index contributed by atoms with van der Waals surface area (Å²) in [4.78, 5) is 24.2. The number of nitrogens with zero attached hydrogens (tertiary/aromatic N) is 3. The fraction of sp³-hybridized carbons (Fsp3) is 0.158. The second-order valence-electron chi connectivity index (χ2n) is 6.28. The van der Waals surface area contributed by atoms with Crippen LogP contribution in [0.3, 0.4) is 0 Å². The number of hydrogen-bond acceptors (Lipinski definition) is 7. The molecule has 2 heterocycles. The number of urea groups is 1. The van der Waals surface area contributed by atoms with Crippen molar-refractivity contribution in [3.8, 4) is 17.2 Å². The third-order valence-corrected chi connectivity index (χ3v) is 5.52. The molecule has 4 rings (SSSR count). The van der Waals surface area contributed by atoms with Crippen molar-refractivity contribution in [1.82, 2.24) is 20.1 Å². The smallest absolute Gasteiger partial charge is 0.325 e. The van der Waals surface area contributed by atoms with Crippen LogP contribution < -0.4 is 20.1 Å². The van der Waals surface area contributed by atoms with Crippen LogP contribution in [0.1, 0.15) is 5.56 Å². The highest BCUT2D eigenvalue weighted by molar-refractivity contribution is 7.99. The Balaban J connectivity index is 1.32. The highest BCUT2D eigenvalue weighted by Crippen LogP contribution is 2.34. The standard InChI is InChI=1S/C19H16ClN5O4S/c1-11-2-4-13(7-14(11)20)25-9-21-24-19(25)30-8-17(26)23-18(27)22-12-3-5-15-16(6-12)29-10-28-15/h2-7,9H,8,10H2,1H3,(H2,22,23,26,27). The van der Waals surface area contributed by atoms with Crippen LogP contribution in [0, 0.1) is 6.92 Å². The van der Waals surface area contributed by atoms with Crippen LogP contribution in [0.2, 0.25) is 5.02 Å². The fourth-order valence-corrected chi connectivity index (χ4v) is 3.56. The van der Waals surface area contributed by atoms with Crippen LogP contribution in [-0.2, 0) is 4.79 Å². The molecule has 1 aliphatic heterocycles. The summed E-state index contributed by atoms with van der Waals surface area (Å²) in [6.07, 6.45) is 1.54. The Hall–Kier alpha value is -3.24. The molecule has 3 amide bonds. The number of aromatic nitrogens is 3. The number of carbonyl (C=O) groups excluding carboxylic acids is 2. The summed E-state index contributed by atoms with van der Waals surface area (Å²) in [5.41, 5.74) is 2.21. The van der Waals surface area contributed by atoms with Crippen molar-refractivity contribution in [3.63, 3.8) is 0 Å². The first-order chi connectivity index (χ1) is 14.5.